The van der Waals surface area contributed by atoms with Crippen molar-refractivity contribution < 1.29 is 9.18 Å². The molecule has 2 fully saturated rings. The third-order valence-electron chi connectivity index (χ3n) is 5.05. The zero-order chi connectivity index (χ0) is 17.2. The van der Waals surface area contributed by atoms with Crippen molar-refractivity contribution >= 4 is 11.7 Å². The molecule has 2 amide bonds. The van der Waals surface area contributed by atoms with E-state index in [1.54, 1.807) is 18.5 Å². The number of nitrogens with one attached hydrogen (secondary N) is 1. The fourth-order valence-electron chi connectivity index (χ4n) is 3.60. The molecule has 0 radical (unpaired) electrons. The number of anilines is 1. The van der Waals surface area contributed by atoms with Gasteiger partial charge in [0.2, 0.25) is 0 Å². The van der Waals surface area contributed by atoms with E-state index in [4.69, 9.17) is 0 Å². The Morgan fingerprint density at radius 2 is 1.72 bits per heavy atom. The van der Waals surface area contributed by atoms with Crippen molar-refractivity contribution in [1.29, 1.82) is 0 Å². The molecule has 1 aromatic carbocycles. The largest absolute Gasteiger partial charge is 0.366 e. The van der Waals surface area contributed by atoms with Crippen LogP contribution in [0.15, 0.2) is 30.6 Å². The molecule has 0 bridgehead atoms. The van der Waals surface area contributed by atoms with Crippen molar-refractivity contribution in [2.24, 2.45) is 0 Å². The van der Waals surface area contributed by atoms with Gasteiger partial charge in [0, 0.05) is 51.0 Å². The third-order valence-corrected chi connectivity index (χ3v) is 5.05. The van der Waals surface area contributed by atoms with Crippen LogP contribution in [0.4, 0.5) is 14.9 Å². The van der Waals surface area contributed by atoms with Gasteiger partial charge in [-0.1, -0.05) is 6.07 Å². The predicted octanol–water partition coefficient (Wildman–Crippen LogP) is 2.55. The highest BCUT2D eigenvalue weighted by Crippen LogP contribution is 2.27. The maximum absolute atomic E-state index is 14.6. The van der Waals surface area contributed by atoms with Gasteiger partial charge in [0.1, 0.15) is 5.82 Å². The van der Waals surface area contributed by atoms with Crippen molar-refractivity contribution in [1.82, 2.24) is 20.0 Å². The molecular weight excluding hydrogens is 321 g/mol. The lowest BCUT2D eigenvalue weighted by atomic mass is 10.1. The number of benzene rings is 1. The monoisotopic (exact) mass is 343 g/mol. The number of rotatable bonds is 2. The molecule has 25 heavy (non-hydrogen) atoms. The minimum absolute atomic E-state index is 0.132. The van der Waals surface area contributed by atoms with E-state index in [0.717, 1.165) is 37.1 Å². The summed E-state index contributed by atoms with van der Waals surface area (Å²) in [5.74, 6) is -0.238. The van der Waals surface area contributed by atoms with Crippen LogP contribution in [0.3, 0.4) is 0 Å². The average molecular weight is 343 g/mol. The molecule has 0 atom stereocenters. The molecule has 0 unspecified atom stereocenters. The van der Waals surface area contributed by atoms with Crippen LogP contribution in [-0.2, 0) is 0 Å². The highest BCUT2D eigenvalue weighted by Gasteiger charge is 2.27. The Bertz CT molecular complexity index is 734. The van der Waals surface area contributed by atoms with Crippen molar-refractivity contribution in [3.05, 3.63) is 36.4 Å². The summed E-state index contributed by atoms with van der Waals surface area (Å²) in [5.41, 5.74) is 2.27. The number of amides is 2. The molecular formula is C18H22FN5O. The fraction of sp³-hybridized carbons (Fsp3) is 0.444. The zero-order valence-corrected chi connectivity index (χ0v) is 14.1. The van der Waals surface area contributed by atoms with Crippen LogP contribution in [0, 0.1) is 5.82 Å². The van der Waals surface area contributed by atoms with Crippen LogP contribution in [0.25, 0.3) is 11.1 Å². The van der Waals surface area contributed by atoms with Crippen LogP contribution >= 0.6 is 0 Å². The lowest BCUT2D eigenvalue weighted by molar-refractivity contribution is 0.159. The maximum atomic E-state index is 14.6. The van der Waals surface area contributed by atoms with Gasteiger partial charge in [-0.2, -0.15) is 5.10 Å². The average Bonchev–Trinajstić information content (AvgIpc) is 3.35. The number of aromatic nitrogens is 2. The van der Waals surface area contributed by atoms with Crippen molar-refractivity contribution in [3.8, 4) is 11.1 Å². The van der Waals surface area contributed by atoms with Gasteiger partial charge < -0.3 is 14.7 Å². The summed E-state index contributed by atoms with van der Waals surface area (Å²) >= 11 is 0. The molecule has 1 aromatic heterocycles. The number of hydrogen-bond donors (Lipinski definition) is 1. The van der Waals surface area contributed by atoms with Gasteiger partial charge >= 0.3 is 6.03 Å². The number of hydrogen-bond acceptors (Lipinski definition) is 3. The quantitative estimate of drug-likeness (QED) is 0.912. The highest BCUT2D eigenvalue weighted by atomic mass is 19.1. The molecule has 2 saturated heterocycles. The third kappa shape index (κ3) is 3.18. The Kier molecular flexibility index (Phi) is 4.29. The summed E-state index contributed by atoms with van der Waals surface area (Å²) in [6.45, 7) is 4.31. The first-order chi connectivity index (χ1) is 12.2. The Morgan fingerprint density at radius 1 is 1.00 bits per heavy atom. The van der Waals surface area contributed by atoms with E-state index in [9.17, 15) is 9.18 Å². The van der Waals surface area contributed by atoms with Crippen LogP contribution in [-0.4, -0.2) is 65.3 Å². The van der Waals surface area contributed by atoms with Gasteiger partial charge in [0.15, 0.2) is 0 Å². The summed E-state index contributed by atoms with van der Waals surface area (Å²) in [4.78, 5) is 18.3. The SMILES string of the molecule is O=C(N1CCCC1)N1CCN(c2ccc(-c3cn[nH]c3)cc2F)CC1. The van der Waals surface area contributed by atoms with Gasteiger partial charge in [-0.05, 0) is 30.5 Å². The molecule has 4 rings (SSSR count). The van der Waals surface area contributed by atoms with Crippen molar-refractivity contribution in [2.75, 3.05) is 44.2 Å². The predicted molar refractivity (Wildman–Crippen MR) is 94.0 cm³/mol. The normalized spacial score (nSPS) is 18.0. The number of urea groups is 1. The van der Waals surface area contributed by atoms with Gasteiger partial charge in [-0.3, -0.25) is 5.10 Å². The summed E-state index contributed by atoms with van der Waals surface area (Å²) in [7, 11) is 0. The molecule has 6 nitrogen and oxygen atoms in total. The Balaban J connectivity index is 1.41. The molecule has 2 aliphatic rings. The van der Waals surface area contributed by atoms with Crippen LogP contribution in [0.1, 0.15) is 12.8 Å². The molecule has 3 heterocycles. The van der Waals surface area contributed by atoms with Crippen LogP contribution < -0.4 is 4.90 Å². The van der Waals surface area contributed by atoms with E-state index in [2.05, 4.69) is 10.2 Å². The first kappa shape index (κ1) is 15.9. The Labute approximate surface area is 146 Å². The number of piperazine rings is 1. The molecule has 2 aromatic rings. The summed E-state index contributed by atoms with van der Waals surface area (Å²) < 4.78 is 14.6. The molecule has 0 aliphatic carbocycles. The molecule has 0 spiro atoms. The summed E-state index contributed by atoms with van der Waals surface area (Å²) in [6.07, 6.45) is 5.62. The first-order valence-electron chi connectivity index (χ1n) is 8.80. The topological polar surface area (TPSA) is 55.5 Å². The van der Waals surface area contributed by atoms with E-state index in [-0.39, 0.29) is 11.8 Å². The zero-order valence-electron chi connectivity index (χ0n) is 14.1. The second-order valence-electron chi connectivity index (χ2n) is 6.60. The van der Waals surface area contributed by atoms with E-state index in [0.29, 0.717) is 31.9 Å². The lowest BCUT2D eigenvalue weighted by Crippen LogP contribution is -2.52. The Hall–Kier alpha value is -2.57. The van der Waals surface area contributed by atoms with Gasteiger partial charge in [-0.15, -0.1) is 0 Å². The summed E-state index contributed by atoms with van der Waals surface area (Å²) in [5, 5.41) is 6.64. The number of halogens is 1. The molecule has 2 aliphatic heterocycles. The van der Waals surface area contributed by atoms with Gasteiger partial charge in [-0.25, -0.2) is 9.18 Å². The molecule has 132 valence electrons. The van der Waals surface area contributed by atoms with E-state index in [1.165, 1.54) is 0 Å². The first-order valence-corrected chi connectivity index (χ1v) is 8.80. The molecule has 1 N–H and O–H groups in total. The molecule has 7 heteroatoms. The number of H-pyrrole nitrogens is 1. The van der Waals surface area contributed by atoms with Crippen molar-refractivity contribution in [3.63, 3.8) is 0 Å². The minimum atomic E-state index is -0.238. The number of carbonyl (C=O) groups excluding carboxylic acids is 1. The lowest BCUT2D eigenvalue weighted by Gasteiger charge is -2.37. The van der Waals surface area contributed by atoms with E-state index >= 15 is 0 Å². The highest BCUT2D eigenvalue weighted by molar-refractivity contribution is 5.75. The molecule has 0 saturated carbocycles. The van der Waals surface area contributed by atoms with Crippen LogP contribution in [0.2, 0.25) is 0 Å². The summed E-state index contributed by atoms with van der Waals surface area (Å²) in [6, 6.07) is 5.40. The van der Waals surface area contributed by atoms with Gasteiger partial charge in [0.05, 0.1) is 11.9 Å². The number of aromatic amines is 1. The second kappa shape index (κ2) is 6.74. The van der Waals surface area contributed by atoms with Crippen molar-refractivity contribution in [2.45, 2.75) is 12.8 Å². The second-order valence-corrected chi connectivity index (χ2v) is 6.60. The fourth-order valence-corrected chi connectivity index (χ4v) is 3.60. The van der Waals surface area contributed by atoms with Gasteiger partial charge in [0.25, 0.3) is 0 Å². The standard InChI is InChI=1S/C18H22FN5O/c19-16-11-14(15-12-20-21-13-15)3-4-17(16)22-7-9-24(10-8-22)18(25)23-5-1-2-6-23/h3-4,11-13H,1-2,5-10H2,(H,20,21). The number of likely N-dealkylation sites (tertiary alicyclic amines) is 1. The van der Waals surface area contributed by atoms with E-state index < -0.39 is 0 Å². The smallest absolute Gasteiger partial charge is 0.320 e. The minimum Gasteiger partial charge on any atom is -0.366 e. The van der Waals surface area contributed by atoms with Crippen LogP contribution in [0.5, 0.6) is 0 Å². The Morgan fingerprint density at radius 3 is 2.36 bits per heavy atom. The van der Waals surface area contributed by atoms with E-state index in [1.807, 2.05) is 26.8 Å². The number of nitrogens with zero attached hydrogens (tertiary/aromatic N) is 4. The maximum Gasteiger partial charge on any atom is 0.320 e. The number of carbonyl (C=O) groups is 1.